The summed E-state index contributed by atoms with van der Waals surface area (Å²) in [5.74, 6) is -0.223. The number of alkyl halides is 1. The highest BCUT2D eigenvalue weighted by Crippen LogP contribution is 2.42. The van der Waals surface area contributed by atoms with Crippen LogP contribution in [-0.4, -0.2) is 26.3 Å². The Labute approximate surface area is 193 Å². The Morgan fingerprint density at radius 1 is 1.10 bits per heavy atom. The number of carbonyl (C=O) groups excluding carboxylic acids is 1. The van der Waals surface area contributed by atoms with E-state index in [1.165, 1.54) is 21.9 Å². The second kappa shape index (κ2) is 7.79. The van der Waals surface area contributed by atoms with Crippen molar-refractivity contribution in [2.45, 2.75) is 25.3 Å². The largest absolute Gasteiger partial charge is 0.271 e. The summed E-state index contributed by atoms with van der Waals surface area (Å²) >= 11 is 14.3. The SMILES string of the molecule is Cc1ccc(-c2csc(NN3C(=O)C(Cl)C3c3cc4cccc(C)c4nc3Cl)n2)cc1. The summed E-state index contributed by atoms with van der Waals surface area (Å²) in [7, 11) is 0. The molecule has 0 spiro atoms. The van der Waals surface area contributed by atoms with E-state index in [0.29, 0.717) is 15.8 Å². The van der Waals surface area contributed by atoms with Gasteiger partial charge in [0.05, 0.1) is 11.2 Å². The number of nitrogens with one attached hydrogen (secondary N) is 1. The number of benzene rings is 2. The van der Waals surface area contributed by atoms with Crippen LogP contribution in [0.3, 0.4) is 0 Å². The first-order valence-electron chi connectivity index (χ1n) is 9.74. The highest BCUT2D eigenvalue weighted by molar-refractivity contribution is 7.14. The van der Waals surface area contributed by atoms with E-state index in [4.69, 9.17) is 23.2 Å². The average molecular weight is 469 g/mol. The molecule has 5 rings (SSSR count). The summed E-state index contributed by atoms with van der Waals surface area (Å²) in [5.41, 5.74) is 8.77. The molecule has 1 aliphatic rings. The van der Waals surface area contributed by atoms with Gasteiger partial charge in [-0.1, -0.05) is 59.6 Å². The zero-order valence-corrected chi connectivity index (χ0v) is 19.1. The molecule has 156 valence electrons. The first-order valence-corrected chi connectivity index (χ1v) is 11.4. The van der Waals surface area contributed by atoms with Crippen LogP contribution in [0, 0.1) is 13.8 Å². The Morgan fingerprint density at radius 2 is 1.87 bits per heavy atom. The molecule has 0 aliphatic carbocycles. The molecule has 2 aromatic heterocycles. The molecule has 4 aromatic rings. The molecular weight excluding hydrogens is 451 g/mol. The first-order chi connectivity index (χ1) is 14.9. The molecule has 1 saturated heterocycles. The number of fused-ring (bicyclic) bond motifs is 1. The average Bonchev–Trinajstić information content (AvgIpc) is 3.23. The number of carbonyl (C=O) groups is 1. The third-order valence-corrected chi connectivity index (χ3v) is 6.92. The van der Waals surface area contributed by atoms with Gasteiger partial charge in [-0.15, -0.1) is 22.9 Å². The summed E-state index contributed by atoms with van der Waals surface area (Å²) in [5, 5.41) is 4.64. The minimum absolute atomic E-state index is 0.223. The Hall–Kier alpha value is -2.67. The van der Waals surface area contributed by atoms with Gasteiger partial charge in [0.1, 0.15) is 16.6 Å². The number of hydrogen-bond donors (Lipinski definition) is 1. The van der Waals surface area contributed by atoms with Crippen LogP contribution in [0.1, 0.15) is 22.7 Å². The topological polar surface area (TPSA) is 58.1 Å². The van der Waals surface area contributed by atoms with E-state index in [1.54, 1.807) is 0 Å². The molecule has 31 heavy (non-hydrogen) atoms. The highest BCUT2D eigenvalue weighted by atomic mass is 35.5. The van der Waals surface area contributed by atoms with E-state index in [9.17, 15) is 4.79 Å². The molecule has 5 nitrogen and oxygen atoms in total. The van der Waals surface area contributed by atoms with Crippen LogP contribution in [0.5, 0.6) is 0 Å². The Balaban J connectivity index is 1.44. The number of amides is 1. The molecule has 1 fully saturated rings. The molecular formula is C23H18Cl2N4OS. The van der Waals surface area contributed by atoms with Crippen molar-refractivity contribution in [3.8, 4) is 11.3 Å². The quantitative estimate of drug-likeness (QED) is 0.221. The summed E-state index contributed by atoms with van der Waals surface area (Å²) in [6, 6.07) is 15.6. The Kier molecular flexibility index (Phi) is 5.08. The van der Waals surface area contributed by atoms with Crippen molar-refractivity contribution >= 4 is 56.5 Å². The van der Waals surface area contributed by atoms with Crippen molar-refractivity contribution in [3.63, 3.8) is 0 Å². The third-order valence-electron chi connectivity index (χ3n) is 5.44. The fraction of sp³-hybridized carbons (Fsp3) is 0.174. The number of hydrazine groups is 1. The van der Waals surface area contributed by atoms with Crippen molar-refractivity contribution in [2.24, 2.45) is 0 Å². The van der Waals surface area contributed by atoms with Crippen molar-refractivity contribution in [1.82, 2.24) is 15.0 Å². The fourth-order valence-electron chi connectivity index (χ4n) is 3.71. The smallest absolute Gasteiger partial charge is 0.262 e. The number of aryl methyl sites for hydroxylation is 2. The lowest BCUT2D eigenvalue weighted by Crippen LogP contribution is -2.58. The number of rotatable bonds is 4. The fourth-order valence-corrected chi connectivity index (χ4v) is 5.03. The molecule has 1 N–H and O–H groups in total. The summed E-state index contributed by atoms with van der Waals surface area (Å²) in [6.07, 6.45) is 0. The Morgan fingerprint density at radius 3 is 2.65 bits per heavy atom. The Bertz CT molecular complexity index is 1300. The number of pyridine rings is 1. The lowest BCUT2D eigenvalue weighted by atomic mass is 9.95. The summed E-state index contributed by atoms with van der Waals surface area (Å²) < 4.78 is 0. The molecule has 2 atom stereocenters. The summed E-state index contributed by atoms with van der Waals surface area (Å²) in [4.78, 5) is 21.7. The van der Waals surface area contributed by atoms with Gasteiger partial charge in [0.15, 0.2) is 0 Å². The number of nitrogens with zero attached hydrogens (tertiary/aromatic N) is 3. The van der Waals surface area contributed by atoms with E-state index < -0.39 is 11.4 Å². The van der Waals surface area contributed by atoms with E-state index in [0.717, 1.165) is 27.7 Å². The van der Waals surface area contributed by atoms with Crippen LogP contribution in [0.4, 0.5) is 5.13 Å². The molecule has 2 unspecified atom stereocenters. The van der Waals surface area contributed by atoms with Gasteiger partial charge < -0.3 is 0 Å². The predicted molar refractivity (Wildman–Crippen MR) is 127 cm³/mol. The number of hydrogen-bond acceptors (Lipinski definition) is 5. The number of anilines is 1. The van der Waals surface area contributed by atoms with Gasteiger partial charge in [-0.3, -0.25) is 10.2 Å². The van der Waals surface area contributed by atoms with Gasteiger partial charge in [-0.25, -0.2) is 15.0 Å². The molecule has 0 bridgehead atoms. The van der Waals surface area contributed by atoms with Crippen molar-refractivity contribution < 1.29 is 4.79 Å². The summed E-state index contributed by atoms with van der Waals surface area (Å²) in [6.45, 7) is 4.04. The highest BCUT2D eigenvalue weighted by Gasteiger charge is 2.49. The van der Waals surface area contributed by atoms with Crippen LogP contribution < -0.4 is 5.43 Å². The normalized spacial score (nSPS) is 18.3. The third kappa shape index (κ3) is 3.55. The van der Waals surface area contributed by atoms with Crippen molar-refractivity contribution in [2.75, 3.05) is 5.43 Å². The van der Waals surface area contributed by atoms with Crippen molar-refractivity contribution in [1.29, 1.82) is 0 Å². The maximum absolute atomic E-state index is 12.5. The monoisotopic (exact) mass is 468 g/mol. The van der Waals surface area contributed by atoms with E-state index >= 15 is 0 Å². The number of β-lactam (4-membered cyclic amide) rings is 1. The van der Waals surface area contributed by atoms with Crippen LogP contribution in [0.25, 0.3) is 22.2 Å². The maximum atomic E-state index is 12.5. The van der Waals surface area contributed by atoms with Gasteiger partial charge in [0.2, 0.25) is 5.13 Å². The molecule has 0 saturated carbocycles. The number of thiazole rings is 1. The van der Waals surface area contributed by atoms with Gasteiger partial charge in [-0.2, -0.15) is 0 Å². The number of para-hydroxylation sites is 1. The lowest BCUT2D eigenvalue weighted by molar-refractivity contribution is -0.143. The van der Waals surface area contributed by atoms with Crippen LogP contribution in [0.15, 0.2) is 53.9 Å². The van der Waals surface area contributed by atoms with Crippen molar-refractivity contribution in [3.05, 3.63) is 75.8 Å². The van der Waals surface area contributed by atoms with Gasteiger partial charge in [-0.05, 0) is 25.5 Å². The maximum Gasteiger partial charge on any atom is 0.262 e. The molecule has 1 aliphatic heterocycles. The number of halogens is 2. The number of aromatic nitrogens is 2. The van der Waals surface area contributed by atoms with Gasteiger partial charge in [0.25, 0.3) is 5.91 Å². The van der Waals surface area contributed by atoms with Crippen LogP contribution >= 0.6 is 34.5 Å². The minimum atomic E-state index is -0.717. The van der Waals surface area contributed by atoms with Gasteiger partial charge >= 0.3 is 0 Å². The minimum Gasteiger partial charge on any atom is -0.271 e. The zero-order valence-electron chi connectivity index (χ0n) is 16.8. The lowest BCUT2D eigenvalue weighted by Gasteiger charge is -2.44. The molecule has 8 heteroatoms. The van der Waals surface area contributed by atoms with Crippen LogP contribution in [0.2, 0.25) is 5.15 Å². The standard InChI is InChI=1S/C23H18Cl2N4OS/c1-12-6-8-14(9-7-12)17-11-31-23(26-17)28-29-20(18(24)22(29)30)16-10-15-5-3-4-13(2)19(15)27-21(16)25/h3-11,18,20H,1-2H3,(H,26,28). The van der Waals surface area contributed by atoms with E-state index in [2.05, 4.69) is 15.4 Å². The second-order valence-corrected chi connectivity index (χ2v) is 9.27. The molecule has 3 heterocycles. The molecule has 2 aromatic carbocycles. The van der Waals surface area contributed by atoms with E-state index in [1.807, 2.05) is 67.8 Å². The molecule has 0 radical (unpaired) electrons. The first kappa shape index (κ1) is 20.2. The van der Waals surface area contributed by atoms with Crippen LogP contribution in [-0.2, 0) is 4.79 Å². The van der Waals surface area contributed by atoms with E-state index in [-0.39, 0.29) is 5.91 Å². The predicted octanol–water partition coefficient (Wildman–Crippen LogP) is 6.15. The molecule has 1 amide bonds. The van der Waals surface area contributed by atoms with Gasteiger partial charge in [0, 0.05) is 21.9 Å². The zero-order chi connectivity index (χ0) is 21.7. The second-order valence-electron chi connectivity index (χ2n) is 7.59.